The van der Waals surface area contributed by atoms with E-state index in [2.05, 4.69) is 31.2 Å². The van der Waals surface area contributed by atoms with Crippen LogP contribution in [0.4, 0.5) is 0 Å². The Bertz CT molecular complexity index is 397. The highest BCUT2D eigenvalue weighted by Crippen LogP contribution is 2.29. The maximum Gasteiger partial charge on any atom is 0.237 e. The first-order valence-electron chi connectivity index (χ1n) is 6.11. The molecule has 1 aliphatic rings. The molecule has 1 aromatic carbocycles. The van der Waals surface area contributed by atoms with Gasteiger partial charge in [0, 0.05) is 13.1 Å². The third kappa shape index (κ3) is 2.81. The highest BCUT2D eigenvalue weighted by molar-refractivity contribution is 6.27. The Morgan fingerprint density at radius 2 is 2.00 bits per heavy atom. The molecule has 1 heterocycles. The lowest BCUT2D eigenvalue weighted by molar-refractivity contribution is -0.129. The third-order valence-corrected chi connectivity index (χ3v) is 3.82. The second-order valence-electron chi connectivity index (χ2n) is 4.65. The molecule has 0 bridgehead atoms. The van der Waals surface area contributed by atoms with Crippen molar-refractivity contribution in [3.63, 3.8) is 0 Å². The molecule has 0 saturated carbocycles. The molecule has 0 aliphatic carbocycles. The second-order valence-corrected chi connectivity index (χ2v) is 4.91. The molecule has 0 atom stereocenters. The van der Waals surface area contributed by atoms with E-state index in [4.69, 9.17) is 11.6 Å². The van der Waals surface area contributed by atoms with Gasteiger partial charge in [-0.05, 0) is 36.8 Å². The fourth-order valence-corrected chi connectivity index (χ4v) is 2.74. The Labute approximate surface area is 108 Å². The number of rotatable bonds is 2. The van der Waals surface area contributed by atoms with Gasteiger partial charge in [0.2, 0.25) is 5.91 Å². The van der Waals surface area contributed by atoms with Crippen molar-refractivity contribution in [2.75, 3.05) is 19.0 Å². The van der Waals surface area contributed by atoms with Crippen molar-refractivity contribution >= 4 is 17.5 Å². The number of amides is 1. The first-order valence-corrected chi connectivity index (χ1v) is 6.65. The molecule has 92 valence electrons. The zero-order valence-corrected chi connectivity index (χ0v) is 10.9. The predicted molar refractivity (Wildman–Crippen MR) is 70.5 cm³/mol. The lowest BCUT2D eigenvalue weighted by Crippen LogP contribution is -2.38. The van der Waals surface area contributed by atoms with Crippen LogP contribution in [0.3, 0.4) is 0 Å². The number of likely N-dealkylation sites (tertiary alicyclic amines) is 1. The summed E-state index contributed by atoms with van der Waals surface area (Å²) in [5.74, 6) is 0.764. The number of benzene rings is 1. The Balaban J connectivity index is 2.00. The van der Waals surface area contributed by atoms with Crippen LogP contribution in [0.15, 0.2) is 24.3 Å². The van der Waals surface area contributed by atoms with E-state index in [1.54, 1.807) is 0 Å². The summed E-state index contributed by atoms with van der Waals surface area (Å²) in [5.41, 5.74) is 2.79. The van der Waals surface area contributed by atoms with Gasteiger partial charge in [-0.1, -0.05) is 24.3 Å². The summed E-state index contributed by atoms with van der Waals surface area (Å²) in [6, 6.07) is 8.54. The molecule has 0 N–H and O–H groups in total. The van der Waals surface area contributed by atoms with E-state index in [1.165, 1.54) is 11.1 Å². The summed E-state index contributed by atoms with van der Waals surface area (Å²) >= 11 is 5.57. The van der Waals surface area contributed by atoms with Crippen LogP contribution in [0.5, 0.6) is 0 Å². The molecule has 0 spiro atoms. The summed E-state index contributed by atoms with van der Waals surface area (Å²) in [4.78, 5) is 13.3. The van der Waals surface area contributed by atoms with Crippen LogP contribution >= 0.6 is 11.6 Å². The van der Waals surface area contributed by atoms with Gasteiger partial charge in [0.1, 0.15) is 5.88 Å². The number of alkyl halides is 1. The summed E-state index contributed by atoms with van der Waals surface area (Å²) in [5, 5.41) is 0. The summed E-state index contributed by atoms with van der Waals surface area (Å²) < 4.78 is 0. The SMILES string of the molecule is Cc1ccccc1C1CCN(C(=O)CCl)CC1. The average molecular weight is 252 g/mol. The topological polar surface area (TPSA) is 20.3 Å². The molecule has 0 aromatic heterocycles. The summed E-state index contributed by atoms with van der Waals surface area (Å²) in [6.45, 7) is 3.83. The number of hydrogen-bond donors (Lipinski definition) is 0. The first kappa shape index (κ1) is 12.4. The second kappa shape index (κ2) is 5.54. The molecule has 1 aliphatic heterocycles. The zero-order chi connectivity index (χ0) is 12.3. The maximum atomic E-state index is 11.5. The minimum absolute atomic E-state index is 0.0647. The Hall–Kier alpha value is -1.02. The summed E-state index contributed by atoms with van der Waals surface area (Å²) in [7, 11) is 0. The van der Waals surface area contributed by atoms with Crippen molar-refractivity contribution in [2.24, 2.45) is 0 Å². The normalized spacial score (nSPS) is 17.2. The van der Waals surface area contributed by atoms with Gasteiger partial charge in [0.15, 0.2) is 0 Å². The van der Waals surface area contributed by atoms with Gasteiger partial charge in [-0.15, -0.1) is 11.6 Å². The number of carbonyl (C=O) groups excluding carboxylic acids is 1. The lowest BCUT2D eigenvalue weighted by Gasteiger charge is -2.32. The maximum absolute atomic E-state index is 11.5. The third-order valence-electron chi connectivity index (χ3n) is 3.59. The molecule has 0 radical (unpaired) electrons. The molecule has 1 fully saturated rings. The Morgan fingerprint density at radius 3 is 2.59 bits per heavy atom. The molecule has 3 heteroatoms. The smallest absolute Gasteiger partial charge is 0.237 e. The number of hydrogen-bond acceptors (Lipinski definition) is 1. The van der Waals surface area contributed by atoms with Gasteiger partial charge in [-0.25, -0.2) is 0 Å². The van der Waals surface area contributed by atoms with Gasteiger partial charge in [0.25, 0.3) is 0 Å². The zero-order valence-electron chi connectivity index (χ0n) is 10.2. The van der Waals surface area contributed by atoms with E-state index in [9.17, 15) is 4.79 Å². The first-order chi connectivity index (χ1) is 8.22. The van der Waals surface area contributed by atoms with E-state index in [0.717, 1.165) is 25.9 Å². The van der Waals surface area contributed by atoms with Gasteiger partial charge in [0.05, 0.1) is 0 Å². The van der Waals surface area contributed by atoms with Crippen LogP contribution < -0.4 is 0 Å². The molecule has 1 amide bonds. The molecular formula is C14H18ClNO. The fraction of sp³-hybridized carbons (Fsp3) is 0.500. The average Bonchev–Trinajstić information content (AvgIpc) is 2.39. The van der Waals surface area contributed by atoms with Gasteiger partial charge in [-0.3, -0.25) is 4.79 Å². The number of nitrogens with zero attached hydrogens (tertiary/aromatic N) is 1. The quantitative estimate of drug-likeness (QED) is 0.740. The molecule has 1 aromatic rings. The van der Waals surface area contributed by atoms with Gasteiger partial charge < -0.3 is 4.90 Å². The number of piperidine rings is 1. The predicted octanol–water partition coefficient (Wildman–Crippen LogP) is 2.94. The highest BCUT2D eigenvalue weighted by Gasteiger charge is 2.23. The summed E-state index contributed by atoms with van der Waals surface area (Å²) in [6.07, 6.45) is 2.10. The molecule has 1 saturated heterocycles. The van der Waals surface area contributed by atoms with Crippen molar-refractivity contribution < 1.29 is 4.79 Å². The van der Waals surface area contributed by atoms with E-state index in [1.807, 2.05) is 4.90 Å². The highest BCUT2D eigenvalue weighted by atomic mass is 35.5. The monoisotopic (exact) mass is 251 g/mol. The number of carbonyl (C=O) groups is 1. The standard InChI is InChI=1S/C14H18ClNO/c1-11-4-2-3-5-13(11)12-6-8-16(9-7-12)14(17)10-15/h2-5,12H,6-10H2,1H3. The van der Waals surface area contributed by atoms with Crippen molar-refractivity contribution in [3.05, 3.63) is 35.4 Å². The van der Waals surface area contributed by atoms with Crippen LogP contribution in [0.25, 0.3) is 0 Å². The number of aryl methyl sites for hydroxylation is 1. The van der Waals surface area contributed by atoms with Crippen molar-refractivity contribution in [1.29, 1.82) is 0 Å². The van der Waals surface area contributed by atoms with E-state index in [-0.39, 0.29) is 11.8 Å². The fourth-order valence-electron chi connectivity index (χ4n) is 2.57. The van der Waals surface area contributed by atoms with Crippen molar-refractivity contribution in [3.8, 4) is 0 Å². The van der Waals surface area contributed by atoms with Crippen molar-refractivity contribution in [2.45, 2.75) is 25.7 Å². The molecule has 0 unspecified atom stereocenters. The molecular weight excluding hydrogens is 234 g/mol. The van der Waals surface area contributed by atoms with E-state index < -0.39 is 0 Å². The van der Waals surface area contributed by atoms with Crippen LogP contribution in [0.1, 0.15) is 29.9 Å². The van der Waals surface area contributed by atoms with E-state index in [0.29, 0.717) is 5.92 Å². The molecule has 17 heavy (non-hydrogen) atoms. The van der Waals surface area contributed by atoms with Crippen LogP contribution in [0.2, 0.25) is 0 Å². The molecule has 2 rings (SSSR count). The number of halogens is 1. The van der Waals surface area contributed by atoms with Crippen LogP contribution in [-0.2, 0) is 4.79 Å². The Morgan fingerprint density at radius 1 is 1.35 bits per heavy atom. The van der Waals surface area contributed by atoms with Crippen molar-refractivity contribution in [1.82, 2.24) is 4.90 Å². The van der Waals surface area contributed by atoms with Gasteiger partial charge >= 0.3 is 0 Å². The van der Waals surface area contributed by atoms with Crippen LogP contribution in [-0.4, -0.2) is 29.8 Å². The molecule has 2 nitrogen and oxygen atoms in total. The van der Waals surface area contributed by atoms with Gasteiger partial charge in [-0.2, -0.15) is 0 Å². The van der Waals surface area contributed by atoms with Crippen LogP contribution in [0, 0.1) is 6.92 Å². The minimum atomic E-state index is 0.0647. The lowest BCUT2D eigenvalue weighted by atomic mass is 9.87. The van der Waals surface area contributed by atoms with E-state index >= 15 is 0 Å². The minimum Gasteiger partial charge on any atom is -0.342 e. The Kier molecular flexibility index (Phi) is 4.06. The largest absolute Gasteiger partial charge is 0.342 e.